The fraction of sp³-hybridized carbons (Fsp3) is 0.217. The van der Waals surface area contributed by atoms with E-state index in [0.717, 1.165) is 11.1 Å². The second kappa shape index (κ2) is 10.1. The van der Waals surface area contributed by atoms with Gasteiger partial charge < -0.3 is 19.9 Å². The van der Waals surface area contributed by atoms with Gasteiger partial charge in [-0.3, -0.25) is 0 Å². The first-order chi connectivity index (χ1) is 16.0. The molecule has 0 aliphatic carbocycles. The van der Waals surface area contributed by atoms with Crippen LogP contribution in [0.1, 0.15) is 18.5 Å². The molecule has 33 heavy (non-hydrogen) atoms. The van der Waals surface area contributed by atoms with Gasteiger partial charge in [0, 0.05) is 29.1 Å². The van der Waals surface area contributed by atoms with E-state index in [0.29, 0.717) is 33.0 Å². The summed E-state index contributed by atoms with van der Waals surface area (Å²) in [6.07, 6.45) is 0. The smallest absolute Gasteiger partial charge is 0.338 e. The van der Waals surface area contributed by atoms with Gasteiger partial charge in [0.2, 0.25) is 0 Å². The quantitative estimate of drug-likeness (QED) is 0.388. The van der Waals surface area contributed by atoms with Crippen molar-refractivity contribution >= 4 is 35.4 Å². The minimum Gasteiger partial charge on any atom is -0.463 e. The summed E-state index contributed by atoms with van der Waals surface area (Å²) in [7, 11) is 1.86. The molecule has 0 spiro atoms. The Bertz CT molecular complexity index is 1190. The molecule has 0 saturated heterocycles. The highest BCUT2D eigenvalue weighted by molar-refractivity contribution is 7.99. The monoisotopic (exact) mass is 483 g/mol. The molecule has 0 saturated carbocycles. The fourth-order valence-corrected chi connectivity index (χ4v) is 4.51. The van der Waals surface area contributed by atoms with Crippen LogP contribution in [0.2, 0.25) is 5.02 Å². The summed E-state index contributed by atoms with van der Waals surface area (Å²) in [5, 5.41) is 15.4. The Morgan fingerprint density at radius 2 is 1.88 bits per heavy atom. The lowest BCUT2D eigenvalue weighted by Crippen LogP contribution is -2.46. The van der Waals surface area contributed by atoms with Gasteiger partial charge in [0.25, 0.3) is 0 Å². The Kier molecular flexibility index (Phi) is 7.00. The maximum absolute atomic E-state index is 12.9. The molecule has 8 nitrogen and oxygen atoms in total. The van der Waals surface area contributed by atoms with E-state index in [2.05, 4.69) is 20.8 Å². The standard InChI is InChI=1S/C23H22ClN5O3S/c1-3-32-21(30)18-17(25-22(31)26-19(18)14-7-5-4-6-8-14)13-33-23-28-27-20(29(23)2)15-9-11-16(24)12-10-15/h4-12,19H,3,13H2,1-2H3,(H2,25,26,31). The highest BCUT2D eigenvalue weighted by Crippen LogP contribution is 2.31. The normalized spacial score (nSPS) is 15.7. The number of benzene rings is 2. The zero-order valence-electron chi connectivity index (χ0n) is 18.0. The van der Waals surface area contributed by atoms with E-state index in [1.165, 1.54) is 11.8 Å². The summed E-state index contributed by atoms with van der Waals surface area (Å²) in [4.78, 5) is 25.3. The van der Waals surface area contributed by atoms with E-state index in [1.54, 1.807) is 19.1 Å². The van der Waals surface area contributed by atoms with Gasteiger partial charge in [-0.25, -0.2) is 9.59 Å². The molecule has 10 heteroatoms. The molecular weight excluding hydrogens is 462 g/mol. The van der Waals surface area contributed by atoms with Crippen LogP contribution in [-0.2, 0) is 16.6 Å². The molecule has 1 aromatic heterocycles. The summed E-state index contributed by atoms with van der Waals surface area (Å²) < 4.78 is 7.16. The number of rotatable bonds is 7. The third-order valence-corrected chi connectivity index (χ3v) is 6.36. The van der Waals surface area contributed by atoms with Gasteiger partial charge in [-0.15, -0.1) is 10.2 Å². The molecule has 0 radical (unpaired) electrons. The molecule has 0 fully saturated rings. The molecular formula is C23H22ClN5O3S. The Balaban J connectivity index is 1.63. The van der Waals surface area contributed by atoms with Gasteiger partial charge in [-0.2, -0.15) is 0 Å². The number of ether oxygens (including phenoxy) is 1. The molecule has 1 aliphatic heterocycles. The van der Waals surface area contributed by atoms with Crippen LogP contribution < -0.4 is 10.6 Å². The number of carbonyl (C=O) groups excluding carboxylic acids is 2. The maximum atomic E-state index is 12.9. The second-order valence-corrected chi connectivity index (χ2v) is 8.59. The molecule has 4 rings (SSSR count). The molecule has 2 amide bonds. The van der Waals surface area contributed by atoms with Crippen LogP contribution in [0.25, 0.3) is 11.4 Å². The first-order valence-electron chi connectivity index (χ1n) is 10.3. The molecule has 2 aromatic carbocycles. The third kappa shape index (κ3) is 5.04. The van der Waals surface area contributed by atoms with Crippen LogP contribution in [0.3, 0.4) is 0 Å². The van der Waals surface area contributed by atoms with Gasteiger partial charge in [0.15, 0.2) is 11.0 Å². The lowest BCUT2D eigenvalue weighted by molar-refractivity contribution is -0.139. The van der Waals surface area contributed by atoms with Crippen LogP contribution in [-0.4, -0.2) is 39.1 Å². The molecule has 0 bridgehead atoms. The summed E-state index contributed by atoms with van der Waals surface area (Å²) in [5.41, 5.74) is 2.52. The van der Waals surface area contributed by atoms with Crippen LogP contribution >= 0.6 is 23.4 Å². The average molecular weight is 484 g/mol. The SMILES string of the molecule is CCOC(=O)C1=C(CSc2nnc(-c3ccc(Cl)cc3)n2C)NC(=O)NC1c1ccccc1. The van der Waals surface area contributed by atoms with Crippen molar-refractivity contribution in [2.45, 2.75) is 18.1 Å². The zero-order chi connectivity index (χ0) is 23.4. The van der Waals surface area contributed by atoms with Gasteiger partial charge >= 0.3 is 12.0 Å². The number of urea groups is 1. The van der Waals surface area contributed by atoms with Crippen LogP contribution in [0.15, 0.2) is 71.0 Å². The summed E-state index contributed by atoms with van der Waals surface area (Å²) in [6.45, 7) is 1.98. The first-order valence-corrected chi connectivity index (χ1v) is 11.6. The molecule has 170 valence electrons. The number of esters is 1. The molecule has 2 N–H and O–H groups in total. The number of aromatic nitrogens is 3. The van der Waals surface area contributed by atoms with Gasteiger partial charge in [0.05, 0.1) is 18.2 Å². The van der Waals surface area contributed by atoms with Crippen molar-refractivity contribution in [2.24, 2.45) is 7.05 Å². The van der Waals surface area contributed by atoms with Gasteiger partial charge in [-0.05, 0) is 36.8 Å². The Morgan fingerprint density at radius 1 is 1.15 bits per heavy atom. The van der Waals surface area contributed by atoms with E-state index >= 15 is 0 Å². The lowest BCUT2D eigenvalue weighted by atomic mass is 9.95. The Labute approximate surface area is 200 Å². The number of nitrogens with one attached hydrogen (secondary N) is 2. The number of halogens is 1. The second-order valence-electron chi connectivity index (χ2n) is 7.22. The van der Waals surface area contributed by atoms with Crippen molar-refractivity contribution in [3.05, 3.63) is 76.5 Å². The van der Waals surface area contributed by atoms with E-state index in [4.69, 9.17) is 16.3 Å². The average Bonchev–Trinajstić information content (AvgIpc) is 3.18. The third-order valence-electron chi connectivity index (χ3n) is 5.06. The minimum atomic E-state index is -0.612. The highest BCUT2D eigenvalue weighted by Gasteiger charge is 2.33. The van der Waals surface area contributed by atoms with Crippen LogP contribution in [0.5, 0.6) is 0 Å². The molecule has 1 unspecified atom stereocenters. The van der Waals surface area contributed by atoms with Crippen molar-refractivity contribution in [2.75, 3.05) is 12.4 Å². The maximum Gasteiger partial charge on any atom is 0.338 e. The number of nitrogens with zero attached hydrogens (tertiary/aromatic N) is 3. The first kappa shape index (κ1) is 22.9. The molecule has 3 aromatic rings. The summed E-state index contributed by atoms with van der Waals surface area (Å²) in [6, 6.07) is 15.7. The number of amides is 2. The molecule has 1 aliphatic rings. The Morgan fingerprint density at radius 3 is 2.58 bits per heavy atom. The fourth-order valence-electron chi connectivity index (χ4n) is 3.50. The molecule has 1 atom stereocenters. The van der Waals surface area contributed by atoms with Gasteiger partial charge in [0.1, 0.15) is 0 Å². The van der Waals surface area contributed by atoms with Crippen molar-refractivity contribution < 1.29 is 14.3 Å². The van der Waals surface area contributed by atoms with Crippen molar-refractivity contribution in [3.63, 3.8) is 0 Å². The van der Waals surface area contributed by atoms with Crippen LogP contribution in [0.4, 0.5) is 4.79 Å². The minimum absolute atomic E-state index is 0.228. The van der Waals surface area contributed by atoms with E-state index in [-0.39, 0.29) is 12.6 Å². The lowest BCUT2D eigenvalue weighted by Gasteiger charge is -2.29. The van der Waals surface area contributed by atoms with Gasteiger partial charge in [-0.1, -0.05) is 53.7 Å². The van der Waals surface area contributed by atoms with Crippen molar-refractivity contribution in [3.8, 4) is 11.4 Å². The predicted octanol–water partition coefficient (Wildman–Crippen LogP) is 4.10. The van der Waals surface area contributed by atoms with Crippen molar-refractivity contribution in [1.29, 1.82) is 0 Å². The van der Waals surface area contributed by atoms with E-state index < -0.39 is 12.0 Å². The number of carbonyl (C=O) groups is 2. The largest absolute Gasteiger partial charge is 0.463 e. The van der Waals surface area contributed by atoms with E-state index in [9.17, 15) is 9.59 Å². The number of hydrogen-bond acceptors (Lipinski definition) is 6. The number of hydrogen-bond donors (Lipinski definition) is 2. The van der Waals surface area contributed by atoms with Crippen LogP contribution in [0, 0.1) is 0 Å². The molecule has 2 heterocycles. The predicted molar refractivity (Wildman–Crippen MR) is 127 cm³/mol. The highest BCUT2D eigenvalue weighted by atomic mass is 35.5. The summed E-state index contributed by atoms with van der Waals surface area (Å²) in [5.74, 6) is 0.511. The zero-order valence-corrected chi connectivity index (χ0v) is 19.6. The van der Waals surface area contributed by atoms with Crippen molar-refractivity contribution in [1.82, 2.24) is 25.4 Å². The topological polar surface area (TPSA) is 98.1 Å². The number of thioether (sulfide) groups is 1. The van der Waals surface area contributed by atoms with E-state index in [1.807, 2.05) is 54.1 Å². The summed E-state index contributed by atoms with van der Waals surface area (Å²) >= 11 is 7.35. The Hall–Kier alpha value is -3.30.